The molecule has 2 aliphatic heterocycles. The second-order valence-corrected chi connectivity index (χ2v) is 5.29. The first-order chi connectivity index (χ1) is 9.06. The molecule has 2 amide bonds. The number of piperazine rings is 1. The van der Waals surface area contributed by atoms with Gasteiger partial charge >= 0.3 is 12.0 Å². The molecule has 0 spiro atoms. The molecule has 108 valence electrons. The Morgan fingerprint density at radius 3 is 2.53 bits per heavy atom. The summed E-state index contributed by atoms with van der Waals surface area (Å²) in [5, 5.41) is 10.8. The quantitative estimate of drug-likeness (QED) is 0.742. The maximum absolute atomic E-state index is 12.2. The maximum atomic E-state index is 12.2. The van der Waals surface area contributed by atoms with Gasteiger partial charge in [0.25, 0.3) is 0 Å². The van der Waals surface area contributed by atoms with Crippen LogP contribution >= 0.6 is 0 Å². The number of carboxylic acid groups (broad SMARTS) is 1. The first kappa shape index (κ1) is 14.1. The smallest absolute Gasteiger partial charge is 0.332 e. The van der Waals surface area contributed by atoms with E-state index in [0.717, 1.165) is 39.0 Å². The molecule has 2 saturated heterocycles. The van der Waals surface area contributed by atoms with Crippen LogP contribution in [0.15, 0.2) is 0 Å². The normalized spacial score (nSPS) is 25.5. The molecule has 19 heavy (non-hydrogen) atoms. The number of hydrazine groups is 1. The van der Waals surface area contributed by atoms with Gasteiger partial charge in [0.1, 0.15) is 0 Å². The molecule has 1 atom stereocenters. The van der Waals surface area contributed by atoms with E-state index in [0.29, 0.717) is 6.54 Å². The molecular formula is C12H22N4O3. The third-order valence-electron chi connectivity index (χ3n) is 3.81. The summed E-state index contributed by atoms with van der Waals surface area (Å²) in [5.41, 5.74) is 2.89. The minimum atomic E-state index is -0.843. The summed E-state index contributed by atoms with van der Waals surface area (Å²) < 4.78 is 0. The van der Waals surface area contributed by atoms with E-state index in [1.54, 1.807) is 4.90 Å². The minimum absolute atomic E-state index is 0.0379. The van der Waals surface area contributed by atoms with Gasteiger partial charge in [0.15, 0.2) is 0 Å². The monoisotopic (exact) mass is 270 g/mol. The predicted molar refractivity (Wildman–Crippen MR) is 69.6 cm³/mol. The van der Waals surface area contributed by atoms with Gasteiger partial charge in [0, 0.05) is 38.8 Å². The molecule has 0 bridgehead atoms. The van der Waals surface area contributed by atoms with Gasteiger partial charge in [0.05, 0.1) is 6.42 Å². The van der Waals surface area contributed by atoms with Crippen LogP contribution in [-0.4, -0.2) is 77.7 Å². The van der Waals surface area contributed by atoms with Crippen molar-refractivity contribution < 1.29 is 14.7 Å². The van der Waals surface area contributed by atoms with Gasteiger partial charge in [-0.1, -0.05) is 0 Å². The number of likely N-dealkylation sites (tertiary alicyclic amines) is 1. The second kappa shape index (κ2) is 6.21. The summed E-state index contributed by atoms with van der Waals surface area (Å²) in [7, 11) is 2.06. The highest BCUT2D eigenvalue weighted by Crippen LogP contribution is 2.20. The van der Waals surface area contributed by atoms with Crippen LogP contribution in [0.2, 0.25) is 0 Å². The lowest BCUT2D eigenvalue weighted by Gasteiger charge is -2.34. The molecule has 0 aliphatic carbocycles. The number of hydrogen-bond donors (Lipinski definition) is 2. The van der Waals surface area contributed by atoms with Crippen molar-refractivity contribution >= 4 is 12.0 Å². The number of amides is 2. The summed E-state index contributed by atoms with van der Waals surface area (Å²) in [5.74, 6) is -0.843. The number of rotatable bonds is 3. The molecule has 2 rings (SSSR count). The third-order valence-corrected chi connectivity index (χ3v) is 3.81. The van der Waals surface area contributed by atoms with Crippen molar-refractivity contribution in [3.63, 3.8) is 0 Å². The van der Waals surface area contributed by atoms with Gasteiger partial charge < -0.3 is 14.9 Å². The highest BCUT2D eigenvalue weighted by atomic mass is 16.4. The maximum Gasteiger partial charge on any atom is 0.332 e. The molecule has 1 unspecified atom stereocenters. The Kier molecular flexibility index (Phi) is 4.60. The van der Waals surface area contributed by atoms with Crippen molar-refractivity contribution in [2.75, 3.05) is 39.8 Å². The number of aliphatic carboxylic acids is 1. The van der Waals surface area contributed by atoms with Gasteiger partial charge in [-0.25, -0.2) is 9.80 Å². The SMILES string of the molecule is CN1CCN(NC(=O)N2CCCC2CC(=O)O)CC1. The number of nitrogens with zero attached hydrogens (tertiary/aromatic N) is 3. The van der Waals surface area contributed by atoms with E-state index in [-0.39, 0.29) is 18.5 Å². The second-order valence-electron chi connectivity index (χ2n) is 5.29. The fourth-order valence-electron chi connectivity index (χ4n) is 2.63. The number of urea groups is 1. The van der Waals surface area contributed by atoms with Crippen molar-refractivity contribution in [1.82, 2.24) is 20.2 Å². The van der Waals surface area contributed by atoms with Gasteiger partial charge in [-0.3, -0.25) is 10.2 Å². The van der Waals surface area contributed by atoms with Crippen LogP contribution in [0.4, 0.5) is 4.79 Å². The number of carboxylic acids is 1. The standard InChI is InChI=1S/C12H22N4O3/c1-14-5-7-15(8-6-14)13-12(19)16-4-2-3-10(16)9-11(17)18/h10H,2-9H2,1H3,(H,13,19)(H,17,18). The molecular weight excluding hydrogens is 248 g/mol. The highest BCUT2D eigenvalue weighted by Gasteiger charge is 2.31. The third kappa shape index (κ3) is 3.81. The summed E-state index contributed by atoms with van der Waals surface area (Å²) in [6, 6.07) is -0.321. The average Bonchev–Trinajstić information content (AvgIpc) is 2.79. The van der Waals surface area contributed by atoms with Crippen molar-refractivity contribution in [3.05, 3.63) is 0 Å². The number of nitrogens with one attached hydrogen (secondary N) is 1. The summed E-state index contributed by atoms with van der Waals surface area (Å²) >= 11 is 0. The van der Waals surface area contributed by atoms with E-state index in [1.165, 1.54) is 0 Å². The highest BCUT2D eigenvalue weighted by molar-refractivity contribution is 5.76. The Balaban J connectivity index is 1.83. The van der Waals surface area contributed by atoms with Crippen molar-refractivity contribution in [1.29, 1.82) is 0 Å². The first-order valence-corrected chi connectivity index (χ1v) is 6.79. The molecule has 2 N–H and O–H groups in total. The van der Waals surface area contributed by atoms with Gasteiger partial charge in [-0.05, 0) is 19.9 Å². The minimum Gasteiger partial charge on any atom is -0.481 e. The van der Waals surface area contributed by atoms with Crippen molar-refractivity contribution in [3.8, 4) is 0 Å². The molecule has 7 nitrogen and oxygen atoms in total. The van der Waals surface area contributed by atoms with Crippen LogP contribution < -0.4 is 5.43 Å². The summed E-state index contributed by atoms with van der Waals surface area (Å²) in [4.78, 5) is 26.8. The van der Waals surface area contributed by atoms with Gasteiger partial charge in [0.2, 0.25) is 0 Å². The molecule has 0 aromatic carbocycles. The van der Waals surface area contributed by atoms with Crippen LogP contribution in [-0.2, 0) is 4.79 Å². The van der Waals surface area contributed by atoms with Crippen LogP contribution in [0.25, 0.3) is 0 Å². The van der Waals surface area contributed by atoms with Crippen LogP contribution in [0.1, 0.15) is 19.3 Å². The lowest BCUT2D eigenvalue weighted by molar-refractivity contribution is -0.137. The predicted octanol–water partition coefficient (Wildman–Crippen LogP) is -0.202. The molecule has 2 fully saturated rings. The molecule has 2 aliphatic rings. The van der Waals surface area contributed by atoms with E-state index in [1.807, 2.05) is 5.01 Å². The fraction of sp³-hybridized carbons (Fsp3) is 0.833. The Morgan fingerprint density at radius 2 is 1.89 bits per heavy atom. The Morgan fingerprint density at radius 1 is 1.21 bits per heavy atom. The number of likely N-dealkylation sites (N-methyl/N-ethyl adjacent to an activating group) is 1. The number of carbonyl (C=O) groups is 2. The van der Waals surface area contributed by atoms with Crippen LogP contribution in [0, 0.1) is 0 Å². The van der Waals surface area contributed by atoms with E-state index in [4.69, 9.17) is 5.11 Å². The molecule has 0 radical (unpaired) electrons. The first-order valence-electron chi connectivity index (χ1n) is 6.79. The van der Waals surface area contributed by atoms with Crippen molar-refractivity contribution in [2.24, 2.45) is 0 Å². The van der Waals surface area contributed by atoms with E-state index in [9.17, 15) is 9.59 Å². The summed E-state index contributed by atoms with van der Waals surface area (Å²) in [6.45, 7) is 4.12. The zero-order valence-electron chi connectivity index (χ0n) is 11.3. The van der Waals surface area contributed by atoms with Crippen LogP contribution in [0.3, 0.4) is 0 Å². The average molecular weight is 270 g/mol. The lowest BCUT2D eigenvalue weighted by Crippen LogP contribution is -2.56. The summed E-state index contributed by atoms with van der Waals surface area (Å²) in [6.07, 6.45) is 1.70. The van der Waals surface area contributed by atoms with Gasteiger partial charge in [-0.2, -0.15) is 0 Å². The Labute approximate surface area is 113 Å². The fourth-order valence-corrected chi connectivity index (χ4v) is 2.63. The van der Waals surface area contributed by atoms with E-state index < -0.39 is 5.97 Å². The molecule has 2 heterocycles. The zero-order chi connectivity index (χ0) is 13.8. The topological polar surface area (TPSA) is 76.1 Å². The van der Waals surface area contributed by atoms with E-state index in [2.05, 4.69) is 17.4 Å². The molecule has 7 heteroatoms. The van der Waals surface area contributed by atoms with Crippen molar-refractivity contribution in [2.45, 2.75) is 25.3 Å². The number of carbonyl (C=O) groups excluding carboxylic acids is 1. The Hall–Kier alpha value is -1.34. The zero-order valence-corrected chi connectivity index (χ0v) is 11.3. The number of hydrogen-bond acceptors (Lipinski definition) is 4. The van der Waals surface area contributed by atoms with Crippen LogP contribution in [0.5, 0.6) is 0 Å². The Bertz CT molecular complexity index is 342. The lowest BCUT2D eigenvalue weighted by atomic mass is 10.1. The molecule has 0 aromatic rings. The largest absolute Gasteiger partial charge is 0.481 e. The van der Waals surface area contributed by atoms with Gasteiger partial charge in [-0.15, -0.1) is 0 Å². The van der Waals surface area contributed by atoms with E-state index >= 15 is 0 Å². The molecule has 0 aromatic heterocycles. The molecule has 0 saturated carbocycles.